The molecule has 0 radical (unpaired) electrons. The monoisotopic (exact) mass is 890 g/mol. The Bertz CT molecular complexity index is 834. The molecule has 4 nitrogen and oxygen atoms in total. The molecule has 0 fully saturated rings. The third-order valence-electron chi connectivity index (χ3n) is 14.4. The topological polar surface area (TPSA) is 69.6 Å². The summed E-state index contributed by atoms with van der Waals surface area (Å²) in [5.41, 5.74) is 0. The molecule has 0 aliphatic carbocycles. The van der Waals surface area contributed by atoms with Crippen molar-refractivity contribution in [2.45, 2.75) is 366 Å². The number of aliphatic hydroxyl groups is 2. The molecule has 0 bridgehead atoms. The fraction of sp³-hybridized carbons (Fsp3) is 0.983. The maximum atomic E-state index is 12.5. The molecule has 378 valence electrons. The summed E-state index contributed by atoms with van der Waals surface area (Å²) in [6.45, 7) is 4.41. The van der Waals surface area contributed by atoms with Crippen LogP contribution in [0.1, 0.15) is 354 Å². The van der Waals surface area contributed by atoms with E-state index in [1.807, 2.05) is 0 Å². The lowest BCUT2D eigenvalue weighted by molar-refractivity contribution is -0.123. The van der Waals surface area contributed by atoms with Gasteiger partial charge in [-0.25, -0.2) is 0 Å². The number of unbranched alkanes of at least 4 members (excludes halogenated alkanes) is 49. The van der Waals surface area contributed by atoms with Gasteiger partial charge in [-0.15, -0.1) is 0 Å². The Balaban J connectivity index is 3.39. The highest BCUT2D eigenvalue weighted by Gasteiger charge is 2.20. The van der Waals surface area contributed by atoms with Gasteiger partial charge in [0.2, 0.25) is 5.91 Å². The Morgan fingerprint density at radius 2 is 0.508 bits per heavy atom. The van der Waals surface area contributed by atoms with Gasteiger partial charge in [-0.3, -0.25) is 4.79 Å². The maximum absolute atomic E-state index is 12.5. The molecule has 63 heavy (non-hydrogen) atoms. The second-order valence-electron chi connectivity index (χ2n) is 20.8. The minimum Gasteiger partial charge on any atom is -0.394 e. The summed E-state index contributed by atoms with van der Waals surface area (Å²) in [5, 5.41) is 23.4. The Kier molecular flexibility index (Phi) is 55.2. The third kappa shape index (κ3) is 52.2. The standard InChI is InChI=1S/C59H119NO3/c1-3-5-7-9-11-13-15-17-19-21-23-25-27-28-29-30-31-33-34-36-38-40-42-44-46-48-50-52-54-58(62)57(56-61)60-59(63)55-53-51-49-47-45-43-41-39-37-35-32-26-24-22-20-18-16-14-12-10-8-6-4-2/h57-58,61-62H,3-56H2,1-2H3,(H,60,63). The molecule has 0 aliphatic rings. The van der Waals surface area contributed by atoms with Crippen molar-refractivity contribution in [2.75, 3.05) is 6.61 Å². The van der Waals surface area contributed by atoms with Crippen LogP contribution in [0, 0.1) is 0 Å². The Hall–Kier alpha value is -0.610. The summed E-state index contributed by atoms with van der Waals surface area (Å²) in [6, 6.07) is -0.532. The number of aliphatic hydroxyl groups excluding tert-OH is 2. The third-order valence-corrected chi connectivity index (χ3v) is 14.4. The van der Waals surface area contributed by atoms with Gasteiger partial charge in [-0.1, -0.05) is 335 Å². The van der Waals surface area contributed by atoms with Crippen molar-refractivity contribution < 1.29 is 15.0 Å². The van der Waals surface area contributed by atoms with Gasteiger partial charge in [0.15, 0.2) is 0 Å². The fourth-order valence-corrected chi connectivity index (χ4v) is 9.84. The highest BCUT2D eigenvalue weighted by Crippen LogP contribution is 2.19. The van der Waals surface area contributed by atoms with Gasteiger partial charge in [0.05, 0.1) is 18.8 Å². The second kappa shape index (κ2) is 55.7. The molecule has 0 saturated carbocycles. The van der Waals surface area contributed by atoms with Crippen molar-refractivity contribution in [1.82, 2.24) is 5.32 Å². The van der Waals surface area contributed by atoms with E-state index >= 15 is 0 Å². The van der Waals surface area contributed by atoms with E-state index in [0.29, 0.717) is 12.8 Å². The lowest BCUT2D eigenvalue weighted by atomic mass is 10.0. The predicted octanol–water partition coefficient (Wildman–Crippen LogP) is 19.5. The molecule has 2 atom stereocenters. The first kappa shape index (κ1) is 62.4. The van der Waals surface area contributed by atoms with Gasteiger partial charge >= 0.3 is 0 Å². The zero-order chi connectivity index (χ0) is 45.6. The van der Waals surface area contributed by atoms with Crippen LogP contribution < -0.4 is 5.32 Å². The molecule has 0 aliphatic heterocycles. The minimum atomic E-state index is -0.655. The van der Waals surface area contributed by atoms with E-state index in [2.05, 4.69) is 19.2 Å². The van der Waals surface area contributed by atoms with Crippen LogP contribution in [0.3, 0.4) is 0 Å². The van der Waals surface area contributed by atoms with Crippen LogP contribution in [-0.2, 0) is 4.79 Å². The average molecular weight is 891 g/mol. The average Bonchev–Trinajstić information content (AvgIpc) is 3.29. The number of carbonyl (C=O) groups is 1. The normalized spacial score (nSPS) is 12.6. The first-order valence-electron chi connectivity index (χ1n) is 29.7. The highest BCUT2D eigenvalue weighted by atomic mass is 16.3. The molecule has 0 rings (SSSR count). The summed E-state index contributed by atoms with van der Waals surface area (Å²) in [4.78, 5) is 12.5. The van der Waals surface area contributed by atoms with Crippen LogP contribution in [0.25, 0.3) is 0 Å². The Morgan fingerprint density at radius 3 is 0.714 bits per heavy atom. The molecule has 0 heterocycles. The molecule has 4 heteroatoms. The van der Waals surface area contributed by atoms with E-state index in [9.17, 15) is 15.0 Å². The summed E-state index contributed by atoms with van der Waals surface area (Å²) in [5.74, 6) is -0.0213. The van der Waals surface area contributed by atoms with E-state index in [0.717, 1.165) is 25.7 Å². The molecular weight excluding hydrogens is 771 g/mol. The number of nitrogens with one attached hydrogen (secondary N) is 1. The van der Waals surface area contributed by atoms with Crippen molar-refractivity contribution in [3.63, 3.8) is 0 Å². The predicted molar refractivity (Wildman–Crippen MR) is 281 cm³/mol. The number of hydrogen-bond donors (Lipinski definition) is 3. The van der Waals surface area contributed by atoms with E-state index in [1.54, 1.807) is 0 Å². The number of carbonyl (C=O) groups excluding carboxylic acids is 1. The molecule has 0 saturated heterocycles. The first-order chi connectivity index (χ1) is 31.2. The largest absolute Gasteiger partial charge is 0.394 e. The summed E-state index contributed by atoms with van der Waals surface area (Å²) < 4.78 is 0. The lowest BCUT2D eigenvalue weighted by Gasteiger charge is -2.22. The molecule has 1 amide bonds. The molecule has 0 aromatic rings. The lowest BCUT2D eigenvalue weighted by Crippen LogP contribution is -2.45. The van der Waals surface area contributed by atoms with E-state index < -0.39 is 12.1 Å². The quantitative estimate of drug-likeness (QED) is 0.0533. The van der Waals surface area contributed by atoms with Gasteiger partial charge in [-0.2, -0.15) is 0 Å². The summed E-state index contributed by atoms with van der Waals surface area (Å²) in [7, 11) is 0. The van der Waals surface area contributed by atoms with Gasteiger partial charge < -0.3 is 15.5 Å². The zero-order valence-corrected chi connectivity index (χ0v) is 43.6. The summed E-state index contributed by atoms with van der Waals surface area (Å²) >= 11 is 0. The van der Waals surface area contributed by atoms with Gasteiger partial charge in [-0.05, 0) is 12.8 Å². The number of rotatable bonds is 56. The number of hydrogen-bond acceptors (Lipinski definition) is 3. The van der Waals surface area contributed by atoms with Gasteiger partial charge in [0.1, 0.15) is 0 Å². The first-order valence-corrected chi connectivity index (χ1v) is 29.7. The highest BCUT2D eigenvalue weighted by molar-refractivity contribution is 5.76. The minimum absolute atomic E-state index is 0.0213. The zero-order valence-electron chi connectivity index (χ0n) is 43.6. The Labute approximate surface area is 397 Å². The van der Waals surface area contributed by atoms with Crippen molar-refractivity contribution in [2.24, 2.45) is 0 Å². The van der Waals surface area contributed by atoms with Gasteiger partial charge in [0.25, 0.3) is 0 Å². The molecule has 0 aromatic heterocycles. The van der Waals surface area contributed by atoms with Crippen LogP contribution in [-0.4, -0.2) is 34.9 Å². The van der Waals surface area contributed by atoms with Crippen molar-refractivity contribution in [1.29, 1.82) is 0 Å². The summed E-state index contributed by atoms with van der Waals surface area (Å²) in [6.07, 6.45) is 71.1. The van der Waals surface area contributed by atoms with Crippen LogP contribution in [0.4, 0.5) is 0 Å². The number of amides is 1. The smallest absolute Gasteiger partial charge is 0.220 e. The van der Waals surface area contributed by atoms with Crippen molar-refractivity contribution in [3.05, 3.63) is 0 Å². The molecule has 2 unspecified atom stereocenters. The second-order valence-corrected chi connectivity index (χ2v) is 20.8. The van der Waals surface area contributed by atoms with E-state index in [4.69, 9.17) is 0 Å². The molecule has 3 N–H and O–H groups in total. The molecule has 0 spiro atoms. The molecule has 0 aromatic carbocycles. The van der Waals surface area contributed by atoms with E-state index in [1.165, 1.54) is 302 Å². The SMILES string of the molecule is CCCCCCCCCCCCCCCCCCCCCCCCCCCCCCC(O)C(CO)NC(=O)CCCCCCCCCCCCCCCCCCCCCCCCC. The molecular formula is C59H119NO3. The van der Waals surface area contributed by atoms with Crippen molar-refractivity contribution >= 4 is 5.91 Å². The van der Waals surface area contributed by atoms with E-state index in [-0.39, 0.29) is 12.5 Å². The van der Waals surface area contributed by atoms with Crippen LogP contribution in [0.5, 0.6) is 0 Å². The maximum Gasteiger partial charge on any atom is 0.220 e. The van der Waals surface area contributed by atoms with Gasteiger partial charge in [0, 0.05) is 6.42 Å². The fourth-order valence-electron chi connectivity index (χ4n) is 9.84. The Morgan fingerprint density at radius 1 is 0.317 bits per heavy atom. The van der Waals surface area contributed by atoms with Crippen molar-refractivity contribution in [3.8, 4) is 0 Å². The van der Waals surface area contributed by atoms with Crippen LogP contribution in [0.15, 0.2) is 0 Å². The van der Waals surface area contributed by atoms with Crippen LogP contribution in [0.2, 0.25) is 0 Å². The van der Waals surface area contributed by atoms with Crippen LogP contribution >= 0.6 is 0 Å².